The molecular weight excluding hydrogens is 362 g/mol. The second kappa shape index (κ2) is 10.5. The van der Waals surface area contributed by atoms with Gasteiger partial charge in [0.1, 0.15) is 5.60 Å². The molecule has 2 rings (SSSR count). The lowest BCUT2D eigenvalue weighted by molar-refractivity contribution is -0.124. The highest BCUT2D eigenvalue weighted by Crippen LogP contribution is 2.22. The first-order chi connectivity index (χ1) is 12.8. The van der Waals surface area contributed by atoms with Crippen LogP contribution in [0.1, 0.15) is 52.9 Å². The van der Waals surface area contributed by atoms with Crippen LogP contribution in [0.5, 0.6) is 0 Å². The molecule has 7 heteroatoms. The van der Waals surface area contributed by atoms with Crippen LogP contribution in [0.15, 0.2) is 29.3 Å². The van der Waals surface area contributed by atoms with Crippen molar-refractivity contribution in [3.63, 3.8) is 0 Å². The number of alkyl carbamates (subject to hydrolysis) is 1. The largest absolute Gasteiger partial charge is 0.444 e. The molecule has 1 unspecified atom stereocenters. The molecule has 1 fully saturated rings. The first-order valence-electron chi connectivity index (χ1n) is 9.66. The number of hydrogen-bond acceptors (Lipinski definition) is 5. The fraction of sp³-hybridized carbons (Fsp3) is 0.650. The van der Waals surface area contributed by atoms with Gasteiger partial charge in [0.25, 0.3) is 0 Å². The third-order valence-electron chi connectivity index (χ3n) is 4.07. The lowest BCUT2D eigenvalue weighted by atomic mass is 10.1. The number of carbonyl (C=O) groups is 2. The molecule has 1 aliphatic heterocycles. The Morgan fingerprint density at radius 3 is 2.78 bits per heavy atom. The van der Waals surface area contributed by atoms with E-state index in [2.05, 4.69) is 17.5 Å². The van der Waals surface area contributed by atoms with E-state index in [0.29, 0.717) is 12.3 Å². The Labute approximate surface area is 166 Å². The van der Waals surface area contributed by atoms with Gasteiger partial charge in [0.15, 0.2) is 5.17 Å². The van der Waals surface area contributed by atoms with Crippen molar-refractivity contribution in [3.05, 3.63) is 24.3 Å². The van der Waals surface area contributed by atoms with Crippen molar-refractivity contribution in [2.75, 3.05) is 18.8 Å². The summed E-state index contributed by atoms with van der Waals surface area (Å²) in [6.07, 6.45) is 12.6. The predicted octanol–water partition coefficient (Wildman–Crippen LogP) is 3.89. The van der Waals surface area contributed by atoms with Crippen molar-refractivity contribution in [2.24, 2.45) is 4.99 Å². The molecule has 0 spiro atoms. The van der Waals surface area contributed by atoms with Crippen molar-refractivity contribution >= 4 is 28.9 Å². The monoisotopic (exact) mass is 393 g/mol. The van der Waals surface area contributed by atoms with Crippen molar-refractivity contribution in [2.45, 2.75) is 64.5 Å². The first kappa shape index (κ1) is 21.5. The van der Waals surface area contributed by atoms with Gasteiger partial charge < -0.3 is 10.1 Å². The van der Waals surface area contributed by atoms with Crippen LogP contribution < -0.4 is 5.32 Å². The molecule has 1 aliphatic carbocycles. The fourth-order valence-corrected chi connectivity index (χ4v) is 3.74. The van der Waals surface area contributed by atoms with Gasteiger partial charge >= 0.3 is 6.09 Å². The zero-order valence-electron chi connectivity index (χ0n) is 16.6. The molecule has 0 saturated carbocycles. The molecule has 1 N–H and O–H groups in total. The summed E-state index contributed by atoms with van der Waals surface area (Å²) in [6, 6.07) is 0.143. The van der Waals surface area contributed by atoms with Crippen LogP contribution in [0.2, 0.25) is 0 Å². The molecule has 2 aliphatic rings. The predicted molar refractivity (Wildman–Crippen MR) is 111 cm³/mol. The minimum atomic E-state index is -0.465. The molecule has 0 aromatic heterocycles. The van der Waals surface area contributed by atoms with E-state index in [9.17, 15) is 9.59 Å². The van der Waals surface area contributed by atoms with Gasteiger partial charge in [0.05, 0.1) is 11.8 Å². The number of unbranched alkanes of at least 4 members (excludes halogenated alkanes) is 3. The van der Waals surface area contributed by atoms with Crippen LogP contribution in [-0.4, -0.2) is 52.6 Å². The van der Waals surface area contributed by atoms with Gasteiger partial charge in [-0.2, -0.15) is 0 Å². The molecule has 1 atom stereocenters. The van der Waals surface area contributed by atoms with Crippen molar-refractivity contribution < 1.29 is 14.3 Å². The number of hydrogen-bond donors (Lipinski definition) is 1. The van der Waals surface area contributed by atoms with E-state index in [4.69, 9.17) is 9.73 Å². The molecule has 1 heterocycles. The van der Waals surface area contributed by atoms with Gasteiger partial charge in [-0.3, -0.25) is 14.7 Å². The summed E-state index contributed by atoms with van der Waals surface area (Å²) in [5, 5.41) is 3.63. The van der Waals surface area contributed by atoms with Crippen LogP contribution in [0.3, 0.4) is 0 Å². The Morgan fingerprint density at radius 1 is 1.30 bits per heavy atom. The maximum atomic E-state index is 12.1. The molecule has 0 aromatic carbocycles. The Kier molecular flexibility index (Phi) is 8.41. The second-order valence-corrected chi connectivity index (χ2v) is 8.65. The maximum absolute atomic E-state index is 12.1. The smallest absolute Gasteiger partial charge is 0.407 e. The Hall–Kier alpha value is -1.76. The summed E-state index contributed by atoms with van der Waals surface area (Å²) >= 11 is 1.54. The molecule has 0 aromatic rings. The van der Waals surface area contributed by atoms with Gasteiger partial charge in [-0.05, 0) is 40.0 Å². The number of rotatable bonds is 8. The molecule has 150 valence electrons. The number of thioether (sulfide) groups is 1. The molecule has 0 radical (unpaired) electrons. The van der Waals surface area contributed by atoms with E-state index >= 15 is 0 Å². The van der Waals surface area contributed by atoms with Crippen LogP contribution in [0.4, 0.5) is 4.79 Å². The van der Waals surface area contributed by atoms with Gasteiger partial charge in [-0.25, -0.2) is 4.79 Å². The van der Waals surface area contributed by atoms with Crippen LogP contribution in [0, 0.1) is 0 Å². The van der Waals surface area contributed by atoms with E-state index in [-0.39, 0.29) is 18.0 Å². The summed E-state index contributed by atoms with van der Waals surface area (Å²) < 4.78 is 5.20. The van der Waals surface area contributed by atoms with Gasteiger partial charge in [0, 0.05) is 13.1 Å². The lowest BCUT2D eigenvalue weighted by Gasteiger charge is -2.19. The lowest BCUT2D eigenvalue weighted by Crippen LogP contribution is -2.33. The summed E-state index contributed by atoms with van der Waals surface area (Å²) in [7, 11) is 0. The second-order valence-electron chi connectivity index (χ2n) is 7.70. The molecule has 0 bridgehead atoms. The number of carbonyl (C=O) groups excluding carboxylic acids is 2. The maximum Gasteiger partial charge on any atom is 0.407 e. The van der Waals surface area contributed by atoms with Crippen molar-refractivity contribution in [1.82, 2.24) is 10.2 Å². The van der Waals surface area contributed by atoms with Gasteiger partial charge in [-0.1, -0.05) is 48.9 Å². The fourth-order valence-electron chi connectivity index (χ4n) is 2.77. The number of ether oxygens (including phenoxy) is 1. The van der Waals surface area contributed by atoms with Crippen molar-refractivity contribution in [1.29, 1.82) is 0 Å². The average Bonchev–Trinajstić information content (AvgIpc) is 2.93. The van der Waals surface area contributed by atoms with E-state index in [1.165, 1.54) is 11.8 Å². The van der Waals surface area contributed by atoms with E-state index in [1.807, 2.05) is 37.8 Å². The highest BCUT2D eigenvalue weighted by Gasteiger charge is 2.28. The summed E-state index contributed by atoms with van der Waals surface area (Å²) in [6.45, 7) is 6.88. The number of amides is 2. The minimum absolute atomic E-state index is 0.143. The first-order valence-corrected chi connectivity index (χ1v) is 10.6. The average molecular weight is 394 g/mol. The SMILES string of the molecule is CC(C)(C)OC(=O)NCCCCCCN1C(=O)CS/C1=N/C1C=CC=CC1. The Bertz CT molecular complexity index is 608. The highest BCUT2D eigenvalue weighted by atomic mass is 32.2. The number of amidine groups is 1. The standard InChI is InChI=1S/C20H31N3O3S/c1-20(2,3)26-19(25)21-13-9-4-5-10-14-23-17(24)15-27-18(23)22-16-11-7-6-8-12-16/h6-8,11,16H,4-5,9-10,12-15H2,1-3H3,(H,21,25)/b22-18+. The normalized spacial score (nSPS) is 21.1. The third kappa shape index (κ3) is 8.20. The zero-order chi connectivity index (χ0) is 19.7. The number of nitrogens with one attached hydrogen (secondary N) is 1. The van der Waals surface area contributed by atoms with E-state index < -0.39 is 5.60 Å². The Balaban J connectivity index is 1.62. The summed E-state index contributed by atoms with van der Waals surface area (Å²) in [4.78, 5) is 30.2. The van der Waals surface area contributed by atoms with Crippen LogP contribution in [-0.2, 0) is 9.53 Å². The van der Waals surface area contributed by atoms with Gasteiger partial charge in [0.2, 0.25) is 5.91 Å². The van der Waals surface area contributed by atoms with E-state index in [1.54, 1.807) is 0 Å². The summed E-state index contributed by atoms with van der Waals surface area (Å²) in [5.74, 6) is 0.644. The Morgan fingerprint density at radius 2 is 2.07 bits per heavy atom. The topological polar surface area (TPSA) is 71.0 Å². The molecule has 1 saturated heterocycles. The minimum Gasteiger partial charge on any atom is -0.444 e. The van der Waals surface area contributed by atoms with Gasteiger partial charge in [-0.15, -0.1) is 0 Å². The van der Waals surface area contributed by atoms with E-state index in [0.717, 1.165) is 43.8 Å². The number of allylic oxidation sites excluding steroid dienone is 2. The zero-order valence-corrected chi connectivity index (χ0v) is 17.4. The molecule has 2 amide bonds. The summed E-state index contributed by atoms with van der Waals surface area (Å²) in [5.41, 5.74) is -0.465. The molecule has 27 heavy (non-hydrogen) atoms. The molecular formula is C20H31N3O3S. The van der Waals surface area contributed by atoms with Crippen molar-refractivity contribution in [3.8, 4) is 0 Å². The quantitative estimate of drug-likeness (QED) is 0.635. The molecule has 6 nitrogen and oxygen atoms in total. The number of nitrogens with zero attached hydrogens (tertiary/aromatic N) is 2. The van der Waals surface area contributed by atoms with Crippen LogP contribution >= 0.6 is 11.8 Å². The third-order valence-corrected chi connectivity index (χ3v) is 5.04. The highest BCUT2D eigenvalue weighted by molar-refractivity contribution is 8.15. The van der Waals surface area contributed by atoms with Crippen LogP contribution in [0.25, 0.3) is 0 Å². The number of aliphatic imine (C=N–C) groups is 1.